The molecular formula is C14H18FNO2S. The van der Waals surface area contributed by atoms with Gasteiger partial charge in [-0.05, 0) is 30.9 Å². The first kappa shape index (κ1) is 14.2. The van der Waals surface area contributed by atoms with E-state index in [4.69, 9.17) is 5.73 Å². The van der Waals surface area contributed by atoms with Crippen LogP contribution in [0.4, 0.5) is 10.1 Å². The highest BCUT2D eigenvalue weighted by atomic mass is 32.2. The van der Waals surface area contributed by atoms with Crippen LogP contribution in [-0.2, 0) is 0 Å². The zero-order valence-corrected chi connectivity index (χ0v) is 11.7. The Kier molecular flexibility index (Phi) is 4.34. The van der Waals surface area contributed by atoms with E-state index in [0.29, 0.717) is 16.1 Å². The summed E-state index contributed by atoms with van der Waals surface area (Å²) in [5.74, 6) is -1.17. The SMILES string of the molecule is CC1CCCC(Sc2ccc(F)c(N)c2C(=O)O)C1. The highest BCUT2D eigenvalue weighted by Crippen LogP contribution is 2.39. The van der Waals surface area contributed by atoms with Crippen LogP contribution in [-0.4, -0.2) is 16.3 Å². The van der Waals surface area contributed by atoms with Crippen LogP contribution in [0.3, 0.4) is 0 Å². The lowest BCUT2D eigenvalue weighted by Gasteiger charge is -2.26. The minimum atomic E-state index is -1.16. The summed E-state index contributed by atoms with van der Waals surface area (Å²) in [6, 6.07) is 2.77. The van der Waals surface area contributed by atoms with Crippen LogP contribution < -0.4 is 5.73 Å². The molecule has 19 heavy (non-hydrogen) atoms. The van der Waals surface area contributed by atoms with E-state index in [1.165, 1.54) is 30.3 Å². The average Bonchev–Trinajstić information content (AvgIpc) is 2.33. The van der Waals surface area contributed by atoms with Crippen LogP contribution in [0.5, 0.6) is 0 Å². The maximum Gasteiger partial charge on any atom is 0.339 e. The molecule has 0 bridgehead atoms. The summed E-state index contributed by atoms with van der Waals surface area (Å²) >= 11 is 1.52. The minimum Gasteiger partial charge on any atom is -0.478 e. The van der Waals surface area contributed by atoms with E-state index in [-0.39, 0.29) is 11.3 Å². The highest BCUT2D eigenvalue weighted by molar-refractivity contribution is 8.00. The molecule has 0 aromatic heterocycles. The van der Waals surface area contributed by atoms with Crippen molar-refractivity contribution in [3.8, 4) is 0 Å². The Balaban J connectivity index is 2.24. The number of benzene rings is 1. The van der Waals surface area contributed by atoms with E-state index in [1.54, 1.807) is 0 Å². The van der Waals surface area contributed by atoms with Crippen LogP contribution in [0.15, 0.2) is 17.0 Å². The van der Waals surface area contributed by atoms with Crippen molar-refractivity contribution < 1.29 is 14.3 Å². The van der Waals surface area contributed by atoms with Crippen molar-refractivity contribution in [1.82, 2.24) is 0 Å². The van der Waals surface area contributed by atoms with Gasteiger partial charge in [-0.3, -0.25) is 0 Å². The summed E-state index contributed by atoms with van der Waals surface area (Å²) in [6.07, 6.45) is 4.54. The molecule has 1 fully saturated rings. The van der Waals surface area contributed by atoms with Crippen molar-refractivity contribution in [2.24, 2.45) is 5.92 Å². The maximum absolute atomic E-state index is 13.4. The number of carbonyl (C=O) groups is 1. The Morgan fingerprint density at radius 2 is 2.21 bits per heavy atom. The Morgan fingerprint density at radius 1 is 1.47 bits per heavy atom. The molecule has 1 aromatic carbocycles. The molecule has 1 aliphatic carbocycles. The molecule has 0 amide bonds. The maximum atomic E-state index is 13.4. The van der Waals surface area contributed by atoms with Crippen molar-refractivity contribution in [3.05, 3.63) is 23.5 Å². The molecule has 3 nitrogen and oxygen atoms in total. The molecule has 1 aliphatic rings. The summed E-state index contributed by atoms with van der Waals surface area (Å²) in [5, 5.41) is 9.59. The second-order valence-electron chi connectivity index (χ2n) is 5.15. The number of nitrogen functional groups attached to an aromatic ring is 1. The zero-order valence-electron chi connectivity index (χ0n) is 10.9. The van der Waals surface area contributed by atoms with E-state index in [1.807, 2.05) is 0 Å². The summed E-state index contributed by atoms with van der Waals surface area (Å²) in [5.41, 5.74) is 5.19. The molecule has 0 heterocycles. The quantitative estimate of drug-likeness (QED) is 0.829. The predicted molar refractivity (Wildman–Crippen MR) is 75.0 cm³/mol. The van der Waals surface area contributed by atoms with Gasteiger partial charge in [-0.1, -0.05) is 19.8 Å². The van der Waals surface area contributed by atoms with Crippen LogP contribution >= 0.6 is 11.8 Å². The first-order valence-corrected chi connectivity index (χ1v) is 7.35. The second-order valence-corrected chi connectivity index (χ2v) is 6.49. The number of rotatable bonds is 3. The van der Waals surface area contributed by atoms with Crippen molar-refractivity contribution >= 4 is 23.4 Å². The number of hydrogen-bond acceptors (Lipinski definition) is 3. The van der Waals surface area contributed by atoms with Crippen molar-refractivity contribution in [3.63, 3.8) is 0 Å². The topological polar surface area (TPSA) is 63.3 Å². The molecule has 2 unspecified atom stereocenters. The second kappa shape index (κ2) is 5.82. The highest BCUT2D eigenvalue weighted by Gasteiger charge is 2.24. The van der Waals surface area contributed by atoms with Gasteiger partial charge in [-0.2, -0.15) is 0 Å². The molecule has 0 saturated heterocycles. The number of carboxylic acid groups (broad SMARTS) is 1. The van der Waals surface area contributed by atoms with Gasteiger partial charge in [0, 0.05) is 10.1 Å². The van der Waals surface area contributed by atoms with Gasteiger partial charge in [0.15, 0.2) is 0 Å². The first-order valence-electron chi connectivity index (χ1n) is 6.47. The van der Waals surface area contributed by atoms with Gasteiger partial charge in [0.25, 0.3) is 0 Å². The molecule has 3 N–H and O–H groups in total. The van der Waals surface area contributed by atoms with Crippen molar-refractivity contribution in [2.75, 3.05) is 5.73 Å². The number of aromatic carboxylic acids is 1. The summed E-state index contributed by atoms with van der Waals surface area (Å²) in [4.78, 5) is 11.8. The standard InChI is InChI=1S/C14H18FNO2S/c1-8-3-2-4-9(7-8)19-11-6-5-10(15)13(16)12(11)14(17)18/h5-6,8-9H,2-4,7,16H2,1H3,(H,17,18). The van der Waals surface area contributed by atoms with Gasteiger partial charge in [0.2, 0.25) is 0 Å². The third kappa shape index (κ3) is 3.21. The molecule has 0 spiro atoms. The molecule has 2 rings (SSSR count). The fourth-order valence-electron chi connectivity index (χ4n) is 2.56. The van der Waals surface area contributed by atoms with Gasteiger partial charge in [0.05, 0.1) is 11.3 Å². The number of thioether (sulfide) groups is 1. The normalized spacial score (nSPS) is 23.3. The predicted octanol–water partition coefficient (Wildman–Crippen LogP) is 3.78. The monoisotopic (exact) mass is 283 g/mol. The third-order valence-electron chi connectivity index (χ3n) is 3.55. The van der Waals surface area contributed by atoms with Gasteiger partial charge >= 0.3 is 5.97 Å². The number of nitrogens with two attached hydrogens (primary N) is 1. The molecule has 2 atom stereocenters. The lowest BCUT2D eigenvalue weighted by molar-refractivity contribution is 0.0694. The molecule has 1 aromatic rings. The summed E-state index contributed by atoms with van der Waals surface area (Å²) in [6.45, 7) is 2.21. The van der Waals surface area contributed by atoms with E-state index in [9.17, 15) is 14.3 Å². The van der Waals surface area contributed by atoms with Gasteiger partial charge in [-0.25, -0.2) is 9.18 Å². The molecule has 104 valence electrons. The van der Waals surface area contributed by atoms with Crippen molar-refractivity contribution in [2.45, 2.75) is 42.8 Å². The number of carboxylic acids is 1. The first-order chi connectivity index (χ1) is 8.99. The molecule has 1 saturated carbocycles. The summed E-state index contributed by atoms with van der Waals surface area (Å²) < 4.78 is 13.4. The van der Waals surface area contributed by atoms with Crippen LogP contribution in [0.25, 0.3) is 0 Å². The molecule has 5 heteroatoms. The average molecular weight is 283 g/mol. The fraction of sp³-hybridized carbons (Fsp3) is 0.500. The smallest absolute Gasteiger partial charge is 0.339 e. The van der Waals surface area contributed by atoms with Crippen LogP contribution in [0.1, 0.15) is 43.0 Å². The van der Waals surface area contributed by atoms with Crippen LogP contribution in [0, 0.1) is 11.7 Å². The van der Waals surface area contributed by atoms with Gasteiger partial charge < -0.3 is 10.8 Å². The number of halogens is 1. The summed E-state index contributed by atoms with van der Waals surface area (Å²) in [7, 11) is 0. The van der Waals surface area contributed by atoms with E-state index >= 15 is 0 Å². The molecular weight excluding hydrogens is 265 g/mol. The Bertz CT molecular complexity index is 493. The van der Waals surface area contributed by atoms with E-state index < -0.39 is 11.8 Å². The molecule has 0 aliphatic heterocycles. The van der Waals surface area contributed by atoms with Gasteiger partial charge in [-0.15, -0.1) is 11.8 Å². The Hall–Kier alpha value is -1.23. The zero-order chi connectivity index (χ0) is 14.0. The Morgan fingerprint density at radius 3 is 2.84 bits per heavy atom. The number of hydrogen-bond donors (Lipinski definition) is 2. The third-order valence-corrected chi connectivity index (χ3v) is 4.91. The Labute approximate surface area is 116 Å². The van der Waals surface area contributed by atoms with E-state index in [0.717, 1.165) is 19.3 Å². The largest absolute Gasteiger partial charge is 0.478 e. The minimum absolute atomic E-state index is 0.0942. The van der Waals surface area contributed by atoms with Crippen LogP contribution in [0.2, 0.25) is 0 Å². The lowest BCUT2D eigenvalue weighted by Crippen LogP contribution is -2.16. The van der Waals surface area contributed by atoms with E-state index in [2.05, 4.69) is 6.92 Å². The number of anilines is 1. The van der Waals surface area contributed by atoms with Crippen molar-refractivity contribution in [1.29, 1.82) is 0 Å². The fourth-order valence-corrected chi connectivity index (χ4v) is 4.09. The lowest BCUT2D eigenvalue weighted by atomic mass is 9.91. The molecule has 0 radical (unpaired) electrons. The van der Waals surface area contributed by atoms with Gasteiger partial charge in [0.1, 0.15) is 5.82 Å².